The number of amides is 1. The molecule has 0 saturated heterocycles. The van der Waals surface area contributed by atoms with Gasteiger partial charge in [-0.3, -0.25) is 14.2 Å². The molecule has 0 fully saturated rings. The van der Waals surface area contributed by atoms with Gasteiger partial charge in [0.25, 0.3) is 11.5 Å². The van der Waals surface area contributed by atoms with Crippen LogP contribution in [-0.2, 0) is 11.2 Å². The van der Waals surface area contributed by atoms with Crippen LogP contribution < -0.4 is 20.1 Å². The van der Waals surface area contributed by atoms with Crippen molar-refractivity contribution >= 4 is 28.9 Å². The third kappa shape index (κ3) is 3.89. The Morgan fingerprint density at radius 1 is 1.24 bits per heavy atom. The van der Waals surface area contributed by atoms with Crippen LogP contribution in [0.1, 0.15) is 18.1 Å². The number of hydrogen-bond acceptors (Lipinski definition) is 4. The molecule has 1 aromatic heterocycles. The fraction of sp³-hybridized carbons (Fsp3) is 0.136. The Bertz CT molecular complexity index is 1300. The number of thiazole rings is 1. The summed E-state index contributed by atoms with van der Waals surface area (Å²) in [5.41, 5.74) is 1.16. The van der Waals surface area contributed by atoms with Gasteiger partial charge in [-0.1, -0.05) is 43.3 Å². The van der Waals surface area contributed by atoms with Crippen molar-refractivity contribution in [2.45, 2.75) is 13.3 Å². The highest BCUT2D eigenvalue weighted by Gasteiger charge is 2.17. The summed E-state index contributed by atoms with van der Waals surface area (Å²) in [4.78, 5) is 25.5. The first-order valence-electron chi connectivity index (χ1n) is 8.94. The first kappa shape index (κ1) is 20.2. The molecule has 0 atom stereocenters. The highest BCUT2D eigenvalue weighted by molar-refractivity contribution is 7.07. The van der Waals surface area contributed by atoms with Gasteiger partial charge >= 0.3 is 0 Å². The van der Waals surface area contributed by atoms with Crippen molar-refractivity contribution in [3.05, 3.63) is 85.0 Å². The number of hydrogen-bond donors (Lipinski definition) is 1. The van der Waals surface area contributed by atoms with E-state index < -0.39 is 17.3 Å². The summed E-state index contributed by atoms with van der Waals surface area (Å²) in [6, 6.07) is 15.3. The largest absolute Gasteiger partial charge is 0.354 e. The molecule has 3 aromatic rings. The molecule has 0 bridgehead atoms. The van der Waals surface area contributed by atoms with Gasteiger partial charge in [-0.25, -0.2) is 4.39 Å². The van der Waals surface area contributed by atoms with E-state index in [1.165, 1.54) is 23.8 Å². The van der Waals surface area contributed by atoms with Gasteiger partial charge in [0.2, 0.25) is 0 Å². The summed E-state index contributed by atoms with van der Waals surface area (Å²) in [7, 11) is 1.42. The molecule has 0 spiro atoms. The lowest BCUT2D eigenvalue weighted by Crippen LogP contribution is -2.33. The van der Waals surface area contributed by atoms with Crippen molar-refractivity contribution < 1.29 is 9.18 Å². The zero-order valence-electron chi connectivity index (χ0n) is 15.9. The van der Waals surface area contributed by atoms with Crippen LogP contribution in [0.25, 0.3) is 17.3 Å². The second-order valence-electron chi connectivity index (χ2n) is 6.13. The van der Waals surface area contributed by atoms with Gasteiger partial charge in [0.15, 0.2) is 5.57 Å². The monoisotopic (exact) mass is 407 g/mol. The van der Waals surface area contributed by atoms with E-state index >= 15 is 0 Å². The highest BCUT2D eigenvalue weighted by Crippen LogP contribution is 2.13. The van der Waals surface area contributed by atoms with Gasteiger partial charge in [0.05, 0.1) is 10.2 Å². The summed E-state index contributed by atoms with van der Waals surface area (Å²) in [5.74, 6) is -1.05. The number of rotatable bonds is 4. The number of aryl methyl sites for hydroxylation is 1. The number of carbonyl (C=O) groups excluding carboxylic acids is 1. The summed E-state index contributed by atoms with van der Waals surface area (Å²) in [6.45, 7) is 1.95. The molecule has 0 saturated carbocycles. The summed E-state index contributed by atoms with van der Waals surface area (Å²) >= 11 is 0.988. The molecule has 0 unspecified atom stereocenters. The lowest BCUT2D eigenvalue weighted by Gasteiger charge is -2.08. The molecular weight excluding hydrogens is 389 g/mol. The van der Waals surface area contributed by atoms with Crippen LogP contribution in [0.5, 0.6) is 0 Å². The van der Waals surface area contributed by atoms with E-state index in [4.69, 9.17) is 0 Å². The topological polar surface area (TPSA) is 74.9 Å². The second-order valence-corrected chi connectivity index (χ2v) is 7.16. The van der Waals surface area contributed by atoms with Gasteiger partial charge in [-0.05, 0) is 30.2 Å². The van der Waals surface area contributed by atoms with E-state index in [9.17, 15) is 19.2 Å². The molecule has 0 radical (unpaired) electrons. The maximum absolute atomic E-state index is 14.1. The number of nitrogens with zero attached hydrogens (tertiary/aromatic N) is 2. The maximum atomic E-state index is 14.1. The standard InChI is InChI=1S/C22H18FN3O2S/c1-3-14-8-5-7-11-18(14)26-21(28)19(12-15-9-4-6-10-17(15)23)29-22(26)16(13-24)20(27)25-2/h4-12H,3H2,1-2H3,(H,25,27)/b19-12+,22-16-. The van der Waals surface area contributed by atoms with Crippen molar-refractivity contribution in [2.75, 3.05) is 7.05 Å². The average Bonchev–Trinajstić information content (AvgIpc) is 3.05. The normalized spacial score (nSPS) is 12.4. The van der Waals surface area contributed by atoms with E-state index in [0.29, 0.717) is 12.1 Å². The molecule has 1 amide bonds. The quantitative estimate of drug-likeness (QED) is 0.717. The number of nitriles is 1. The zero-order chi connectivity index (χ0) is 21.0. The summed E-state index contributed by atoms with van der Waals surface area (Å²) in [6.07, 6.45) is 2.10. The molecule has 0 aliphatic rings. The van der Waals surface area contributed by atoms with Crippen molar-refractivity contribution in [1.29, 1.82) is 5.26 Å². The fourth-order valence-electron chi connectivity index (χ4n) is 2.95. The molecule has 1 heterocycles. The van der Waals surface area contributed by atoms with Crippen molar-refractivity contribution in [3.8, 4) is 11.8 Å². The predicted molar refractivity (Wildman–Crippen MR) is 112 cm³/mol. The first-order chi connectivity index (χ1) is 14.0. The van der Waals surface area contributed by atoms with Crippen LogP contribution in [0.3, 0.4) is 0 Å². The molecular formula is C22H18FN3O2S. The van der Waals surface area contributed by atoms with Gasteiger partial charge < -0.3 is 5.32 Å². The molecule has 1 N–H and O–H groups in total. The minimum atomic E-state index is -0.589. The van der Waals surface area contributed by atoms with Gasteiger partial charge in [0.1, 0.15) is 16.5 Å². The molecule has 29 heavy (non-hydrogen) atoms. The Labute approximate surface area is 170 Å². The molecule has 5 nitrogen and oxygen atoms in total. The van der Waals surface area contributed by atoms with Crippen molar-refractivity contribution in [1.82, 2.24) is 9.88 Å². The molecule has 0 aliphatic carbocycles. The van der Waals surface area contributed by atoms with Crippen LogP contribution in [0.2, 0.25) is 0 Å². The molecule has 0 aliphatic heterocycles. The fourth-order valence-corrected chi connectivity index (χ4v) is 4.04. The Balaban J connectivity index is 2.48. The Morgan fingerprint density at radius 3 is 2.59 bits per heavy atom. The lowest BCUT2D eigenvalue weighted by molar-refractivity contribution is -0.115. The Morgan fingerprint density at radius 2 is 1.93 bits per heavy atom. The van der Waals surface area contributed by atoms with Gasteiger partial charge in [-0.15, -0.1) is 11.3 Å². The van der Waals surface area contributed by atoms with E-state index in [1.807, 2.05) is 25.1 Å². The van der Waals surface area contributed by atoms with Crippen LogP contribution in [-0.4, -0.2) is 17.5 Å². The predicted octanol–water partition coefficient (Wildman–Crippen LogP) is 1.85. The zero-order valence-corrected chi connectivity index (χ0v) is 16.7. The molecule has 7 heteroatoms. The summed E-state index contributed by atoms with van der Waals surface area (Å²) < 4.78 is 15.9. The average molecular weight is 407 g/mol. The van der Waals surface area contributed by atoms with Crippen LogP contribution in [0, 0.1) is 17.1 Å². The summed E-state index contributed by atoms with van der Waals surface area (Å²) in [5, 5.41) is 12.0. The maximum Gasteiger partial charge on any atom is 0.273 e. The minimum absolute atomic E-state index is 0.173. The third-order valence-corrected chi connectivity index (χ3v) is 5.50. The third-order valence-electron chi connectivity index (χ3n) is 4.41. The SMILES string of the molecule is CCc1ccccc1-n1c(=O)/c(=C\c2ccccc2F)s/c1=C(/C#N)C(=O)NC. The van der Waals surface area contributed by atoms with Crippen LogP contribution >= 0.6 is 11.3 Å². The number of aromatic nitrogens is 1. The Hall–Kier alpha value is -3.50. The lowest BCUT2D eigenvalue weighted by atomic mass is 10.1. The number of benzene rings is 2. The van der Waals surface area contributed by atoms with Crippen LogP contribution in [0.15, 0.2) is 53.3 Å². The number of halogens is 1. The Kier molecular flexibility index (Phi) is 6.05. The smallest absolute Gasteiger partial charge is 0.273 e. The molecule has 2 aromatic carbocycles. The van der Waals surface area contributed by atoms with E-state index in [1.54, 1.807) is 30.3 Å². The van der Waals surface area contributed by atoms with E-state index in [2.05, 4.69) is 5.32 Å². The number of para-hydroxylation sites is 1. The molecule has 146 valence electrons. The second kappa shape index (κ2) is 8.67. The van der Waals surface area contributed by atoms with Gasteiger partial charge in [0, 0.05) is 12.6 Å². The van der Waals surface area contributed by atoms with Crippen LogP contribution in [0.4, 0.5) is 4.39 Å². The van der Waals surface area contributed by atoms with Crippen molar-refractivity contribution in [2.24, 2.45) is 0 Å². The first-order valence-corrected chi connectivity index (χ1v) is 9.76. The van der Waals surface area contributed by atoms with E-state index in [-0.39, 0.29) is 20.3 Å². The highest BCUT2D eigenvalue weighted by atomic mass is 32.1. The minimum Gasteiger partial charge on any atom is -0.354 e. The number of carbonyl (C=O) groups is 1. The van der Waals surface area contributed by atoms with Gasteiger partial charge in [-0.2, -0.15) is 5.26 Å². The number of nitrogens with one attached hydrogen (secondary N) is 1. The van der Waals surface area contributed by atoms with E-state index in [0.717, 1.165) is 16.9 Å². The van der Waals surface area contributed by atoms with Crippen molar-refractivity contribution in [3.63, 3.8) is 0 Å². The molecule has 3 rings (SSSR count).